The van der Waals surface area contributed by atoms with Crippen LogP contribution in [-0.4, -0.2) is 45.7 Å². The van der Waals surface area contributed by atoms with Gasteiger partial charge in [-0.15, -0.1) is 0 Å². The van der Waals surface area contributed by atoms with Crippen LogP contribution in [0.25, 0.3) is 0 Å². The Bertz CT molecular complexity index is 91.5. The van der Waals surface area contributed by atoms with Gasteiger partial charge in [-0.2, -0.15) is 48.8 Å². The number of rotatable bonds is 8. The first-order valence-electron chi connectivity index (χ1n) is 3.87. The lowest BCUT2D eigenvalue weighted by molar-refractivity contribution is 0.301. The van der Waals surface area contributed by atoms with Crippen LogP contribution in [0.3, 0.4) is 0 Å². The van der Waals surface area contributed by atoms with Gasteiger partial charge >= 0.3 is 0 Å². The van der Waals surface area contributed by atoms with Crippen LogP contribution in [0.5, 0.6) is 0 Å². The van der Waals surface area contributed by atoms with E-state index in [4.69, 9.17) is 5.11 Å². The molecule has 1 atom stereocenters. The van der Waals surface area contributed by atoms with E-state index >= 15 is 0 Å². The highest BCUT2D eigenvalue weighted by atomic mass is 32.2. The van der Waals surface area contributed by atoms with Crippen molar-refractivity contribution in [3.63, 3.8) is 0 Å². The predicted molar refractivity (Wildman–Crippen MR) is 68.4 cm³/mol. The van der Waals surface area contributed by atoms with E-state index in [1.165, 1.54) is 0 Å². The summed E-state index contributed by atoms with van der Waals surface area (Å²) in [6.07, 6.45) is 0. The van der Waals surface area contributed by atoms with Crippen molar-refractivity contribution in [1.29, 1.82) is 0 Å². The molecule has 0 aromatic carbocycles. The molecule has 1 unspecified atom stereocenters. The van der Waals surface area contributed by atoms with E-state index in [9.17, 15) is 0 Å². The molecule has 5 heteroatoms. The highest BCUT2D eigenvalue weighted by molar-refractivity contribution is 8.04. The molecule has 0 heterocycles. The normalized spacial score (nSPS) is 13.2. The fourth-order valence-electron chi connectivity index (χ4n) is 0.652. The molecule has 0 aliphatic heterocycles. The lowest BCUT2D eigenvalue weighted by atomic mass is 10.5. The van der Waals surface area contributed by atoms with Gasteiger partial charge in [0.05, 0.1) is 6.61 Å². The van der Waals surface area contributed by atoms with Crippen molar-refractivity contribution in [2.75, 3.05) is 35.4 Å². The summed E-state index contributed by atoms with van der Waals surface area (Å²) in [5.41, 5.74) is 0. The molecule has 1 N–H and O–H groups in total. The summed E-state index contributed by atoms with van der Waals surface area (Å²) < 4.78 is 0. The van der Waals surface area contributed by atoms with Gasteiger partial charge in [0, 0.05) is 22.5 Å². The molecule has 0 aliphatic carbocycles. The third kappa shape index (κ3) is 7.98. The standard InChI is InChI=1S/C7H16OS4/c8-5-7(12-4-2-10)6-11-3-1-9/h7-10H,1-6H2. The quantitative estimate of drug-likeness (QED) is 0.446. The van der Waals surface area contributed by atoms with Crippen LogP contribution in [0.15, 0.2) is 0 Å². The largest absolute Gasteiger partial charge is 0.395 e. The Morgan fingerprint density at radius 1 is 1.17 bits per heavy atom. The van der Waals surface area contributed by atoms with E-state index in [1.807, 2.05) is 11.8 Å². The second kappa shape index (κ2) is 10.4. The zero-order valence-electron chi connectivity index (χ0n) is 6.98. The van der Waals surface area contributed by atoms with Gasteiger partial charge in [0.25, 0.3) is 0 Å². The van der Waals surface area contributed by atoms with E-state index in [2.05, 4.69) is 25.3 Å². The van der Waals surface area contributed by atoms with Crippen LogP contribution in [0.2, 0.25) is 0 Å². The van der Waals surface area contributed by atoms with Gasteiger partial charge in [0.2, 0.25) is 0 Å². The van der Waals surface area contributed by atoms with Crippen LogP contribution in [0, 0.1) is 0 Å². The van der Waals surface area contributed by atoms with Crippen LogP contribution in [-0.2, 0) is 0 Å². The second-order valence-corrected chi connectivity index (χ2v) is 5.65. The van der Waals surface area contributed by atoms with E-state index in [0.717, 1.165) is 28.8 Å². The first-order chi connectivity index (χ1) is 5.85. The van der Waals surface area contributed by atoms with Crippen LogP contribution in [0.1, 0.15) is 0 Å². The first-order valence-corrected chi connectivity index (χ1v) is 7.34. The van der Waals surface area contributed by atoms with Gasteiger partial charge < -0.3 is 5.11 Å². The monoisotopic (exact) mass is 244 g/mol. The van der Waals surface area contributed by atoms with Gasteiger partial charge in [-0.05, 0) is 11.5 Å². The Balaban J connectivity index is 3.26. The Morgan fingerprint density at radius 3 is 2.33 bits per heavy atom. The topological polar surface area (TPSA) is 20.2 Å². The zero-order valence-corrected chi connectivity index (χ0v) is 10.4. The number of thioether (sulfide) groups is 2. The Morgan fingerprint density at radius 2 is 1.83 bits per heavy atom. The fourth-order valence-corrected chi connectivity index (χ4v) is 3.24. The van der Waals surface area contributed by atoms with E-state index < -0.39 is 0 Å². The van der Waals surface area contributed by atoms with Crippen molar-refractivity contribution < 1.29 is 5.11 Å². The van der Waals surface area contributed by atoms with Crippen molar-refractivity contribution >= 4 is 48.8 Å². The third-order valence-corrected chi connectivity index (χ3v) is 4.81. The highest BCUT2D eigenvalue weighted by Crippen LogP contribution is 2.16. The number of aliphatic hydroxyl groups is 1. The van der Waals surface area contributed by atoms with Gasteiger partial charge in [-0.3, -0.25) is 0 Å². The van der Waals surface area contributed by atoms with Crippen molar-refractivity contribution in [2.45, 2.75) is 5.25 Å². The van der Waals surface area contributed by atoms with E-state index in [0.29, 0.717) is 5.25 Å². The minimum absolute atomic E-state index is 0.276. The molecule has 0 spiro atoms. The first kappa shape index (κ1) is 13.4. The average Bonchev–Trinajstić information content (AvgIpc) is 2.11. The molecular formula is C7H16OS4. The third-order valence-electron chi connectivity index (χ3n) is 1.19. The second-order valence-electron chi connectivity index (χ2n) is 2.20. The molecule has 0 aromatic heterocycles. The van der Waals surface area contributed by atoms with E-state index in [-0.39, 0.29) is 6.61 Å². The summed E-state index contributed by atoms with van der Waals surface area (Å²) in [4.78, 5) is 0. The van der Waals surface area contributed by atoms with Crippen LogP contribution >= 0.6 is 48.8 Å². The number of aliphatic hydroxyl groups excluding tert-OH is 1. The molecule has 0 amide bonds. The minimum Gasteiger partial charge on any atom is -0.395 e. The maximum absolute atomic E-state index is 8.97. The molecule has 0 saturated heterocycles. The molecule has 0 fully saturated rings. The minimum atomic E-state index is 0.276. The molecule has 0 rings (SSSR count). The van der Waals surface area contributed by atoms with Gasteiger partial charge in [-0.25, -0.2) is 0 Å². The lowest BCUT2D eigenvalue weighted by Gasteiger charge is -2.11. The molecular weight excluding hydrogens is 228 g/mol. The van der Waals surface area contributed by atoms with Crippen molar-refractivity contribution in [2.24, 2.45) is 0 Å². The van der Waals surface area contributed by atoms with E-state index in [1.54, 1.807) is 11.8 Å². The van der Waals surface area contributed by atoms with Crippen LogP contribution < -0.4 is 0 Å². The molecule has 0 aliphatic rings. The molecule has 1 nitrogen and oxygen atoms in total. The maximum atomic E-state index is 8.97. The molecule has 0 saturated carbocycles. The molecule has 12 heavy (non-hydrogen) atoms. The molecule has 0 radical (unpaired) electrons. The summed E-state index contributed by atoms with van der Waals surface area (Å²) in [6.45, 7) is 0.276. The maximum Gasteiger partial charge on any atom is 0.0558 e. The summed E-state index contributed by atoms with van der Waals surface area (Å²) in [5.74, 6) is 4.92. The molecule has 0 aromatic rings. The van der Waals surface area contributed by atoms with Crippen LogP contribution in [0.4, 0.5) is 0 Å². The summed E-state index contributed by atoms with van der Waals surface area (Å²) in [5, 5.41) is 9.35. The van der Waals surface area contributed by atoms with Gasteiger partial charge in [-0.1, -0.05) is 0 Å². The smallest absolute Gasteiger partial charge is 0.0558 e. The molecule has 0 bridgehead atoms. The number of hydrogen-bond acceptors (Lipinski definition) is 5. The number of thiol groups is 2. The van der Waals surface area contributed by atoms with Crippen molar-refractivity contribution in [3.05, 3.63) is 0 Å². The Labute approximate surface area is 94.3 Å². The molecule has 74 valence electrons. The average molecular weight is 244 g/mol. The highest BCUT2D eigenvalue weighted by Gasteiger charge is 2.06. The predicted octanol–water partition coefficient (Wildman–Crippen LogP) is 1.67. The lowest BCUT2D eigenvalue weighted by Crippen LogP contribution is -2.13. The Hall–Kier alpha value is 1.36. The van der Waals surface area contributed by atoms with Gasteiger partial charge in [0.1, 0.15) is 0 Å². The van der Waals surface area contributed by atoms with Crippen molar-refractivity contribution in [3.8, 4) is 0 Å². The summed E-state index contributed by atoms with van der Waals surface area (Å²) in [6, 6.07) is 0. The SMILES string of the molecule is OCC(CSCCS)SCCS. The zero-order chi connectivity index (χ0) is 9.23. The van der Waals surface area contributed by atoms with Gasteiger partial charge in [0.15, 0.2) is 0 Å². The number of hydrogen-bond donors (Lipinski definition) is 3. The van der Waals surface area contributed by atoms with Crippen molar-refractivity contribution in [1.82, 2.24) is 0 Å². The fraction of sp³-hybridized carbons (Fsp3) is 1.00. The summed E-state index contributed by atoms with van der Waals surface area (Å²) in [7, 11) is 0. The summed E-state index contributed by atoms with van der Waals surface area (Å²) >= 11 is 11.9. The Kier molecular flexibility index (Phi) is 11.6.